The third kappa shape index (κ3) is 5.15. The molecule has 0 saturated carbocycles. The van der Waals surface area contributed by atoms with Crippen molar-refractivity contribution in [2.45, 2.75) is 12.2 Å². The lowest BCUT2D eigenvalue weighted by Gasteiger charge is -2.18. The number of methoxy groups -OCH3 is 1. The van der Waals surface area contributed by atoms with Crippen molar-refractivity contribution in [2.24, 2.45) is 0 Å². The van der Waals surface area contributed by atoms with Gasteiger partial charge in [-0.05, 0) is 12.1 Å². The van der Waals surface area contributed by atoms with Crippen LogP contribution in [-0.4, -0.2) is 60.7 Å². The Kier molecular flexibility index (Phi) is 7.00. The number of aliphatic carboxylic acids is 1. The number of carbonyl (C=O) groups excluding carboxylic acids is 2. The summed E-state index contributed by atoms with van der Waals surface area (Å²) in [6.45, 7) is -0.0780. The number of ether oxygens (including phenoxy) is 3. The first kappa shape index (κ1) is 17.6. The predicted octanol–water partition coefficient (Wildman–Crippen LogP) is -0.153. The van der Waals surface area contributed by atoms with Crippen molar-refractivity contribution in [1.29, 1.82) is 0 Å². The molecule has 0 radical (unpaired) electrons. The molecule has 0 bridgehead atoms. The molecule has 1 rings (SSSR count). The number of hydrogen-bond donors (Lipinski definition) is 2. The SMILES string of the molecule is COCCOC(=O)[C@H](O)[C@@H](OC(=O)c1ccccc1)C(=O)O. The van der Waals surface area contributed by atoms with Gasteiger partial charge in [-0.3, -0.25) is 0 Å². The third-order valence-corrected chi connectivity index (χ3v) is 2.55. The van der Waals surface area contributed by atoms with Gasteiger partial charge in [-0.15, -0.1) is 0 Å². The molecule has 2 atom stereocenters. The summed E-state index contributed by atoms with van der Waals surface area (Å²) in [6.07, 6.45) is -4.20. The Labute approximate surface area is 126 Å². The lowest BCUT2D eigenvalue weighted by molar-refractivity contribution is -0.170. The van der Waals surface area contributed by atoms with Gasteiger partial charge in [0.15, 0.2) is 6.10 Å². The van der Waals surface area contributed by atoms with Crippen LogP contribution in [0.1, 0.15) is 10.4 Å². The molecule has 0 aromatic heterocycles. The van der Waals surface area contributed by atoms with Crippen LogP contribution >= 0.6 is 0 Å². The van der Waals surface area contributed by atoms with Crippen LogP contribution in [0.4, 0.5) is 0 Å². The van der Waals surface area contributed by atoms with Crippen LogP contribution in [0.5, 0.6) is 0 Å². The standard InChI is InChI=1S/C14H16O8/c1-20-7-8-21-14(19)10(15)11(12(16)17)22-13(18)9-5-3-2-4-6-9/h2-6,10-11,15H,7-8H2,1H3,(H,16,17)/t10-,11-/m1/s1. The number of esters is 2. The van der Waals surface area contributed by atoms with Gasteiger partial charge in [-0.2, -0.15) is 0 Å². The minimum Gasteiger partial charge on any atom is -0.478 e. The van der Waals surface area contributed by atoms with E-state index < -0.39 is 30.1 Å². The Morgan fingerprint density at radius 3 is 2.32 bits per heavy atom. The first-order chi connectivity index (χ1) is 10.5. The third-order valence-electron chi connectivity index (χ3n) is 2.55. The average molecular weight is 312 g/mol. The van der Waals surface area contributed by atoms with Crippen molar-refractivity contribution in [1.82, 2.24) is 0 Å². The smallest absolute Gasteiger partial charge is 0.348 e. The molecule has 0 heterocycles. The van der Waals surface area contributed by atoms with E-state index in [0.717, 1.165) is 0 Å². The highest BCUT2D eigenvalue weighted by molar-refractivity contribution is 5.93. The maximum atomic E-state index is 11.8. The number of rotatable bonds is 8. The van der Waals surface area contributed by atoms with Crippen LogP contribution in [0.3, 0.4) is 0 Å². The Bertz CT molecular complexity index is 513. The Morgan fingerprint density at radius 1 is 1.14 bits per heavy atom. The van der Waals surface area contributed by atoms with Gasteiger partial charge in [-0.25, -0.2) is 14.4 Å². The Hall–Kier alpha value is -2.45. The summed E-state index contributed by atoms with van der Waals surface area (Å²) in [7, 11) is 1.38. The van der Waals surface area contributed by atoms with Gasteiger partial charge >= 0.3 is 17.9 Å². The zero-order chi connectivity index (χ0) is 16.5. The summed E-state index contributed by atoms with van der Waals surface area (Å²) >= 11 is 0. The van der Waals surface area contributed by atoms with Crippen LogP contribution in [0.2, 0.25) is 0 Å². The van der Waals surface area contributed by atoms with Crippen LogP contribution in [0, 0.1) is 0 Å². The van der Waals surface area contributed by atoms with Gasteiger partial charge in [0.25, 0.3) is 0 Å². The second-order valence-corrected chi connectivity index (χ2v) is 4.14. The van der Waals surface area contributed by atoms with E-state index in [1.165, 1.54) is 19.2 Å². The number of carboxylic acid groups (broad SMARTS) is 1. The van der Waals surface area contributed by atoms with Gasteiger partial charge in [0.2, 0.25) is 6.10 Å². The maximum absolute atomic E-state index is 11.8. The molecule has 0 aliphatic heterocycles. The number of hydrogen-bond acceptors (Lipinski definition) is 7. The van der Waals surface area contributed by atoms with Crippen molar-refractivity contribution >= 4 is 17.9 Å². The van der Waals surface area contributed by atoms with E-state index in [1.54, 1.807) is 18.2 Å². The zero-order valence-corrected chi connectivity index (χ0v) is 11.8. The molecule has 0 unspecified atom stereocenters. The average Bonchev–Trinajstić information content (AvgIpc) is 2.52. The van der Waals surface area contributed by atoms with Crippen LogP contribution in [-0.2, 0) is 23.8 Å². The molecular formula is C14H16O8. The van der Waals surface area contributed by atoms with E-state index in [-0.39, 0.29) is 18.8 Å². The van der Waals surface area contributed by atoms with Gasteiger partial charge in [-0.1, -0.05) is 18.2 Å². The van der Waals surface area contributed by atoms with Gasteiger partial charge in [0, 0.05) is 7.11 Å². The molecule has 0 saturated heterocycles. The summed E-state index contributed by atoms with van der Waals surface area (Å²) in [6, 6.07) is 7.59. The summed E-state index contributed by atoms with van der Waals surface area (Å²) in [5, 5.41) is 18.7. The summed E-state index contributed by atoms with van der Waals surface area (Å²) in [4.78, 5) is 34.3. The second kappa shape index (κ2) is 8.75. The first-order valence-electron chi connectivity index (χ1n) is 6.30. The quantitative estimate of drug-likeness (QED) is 0.502. The highest BCUT2D eigenvalue weighted by Gasteiger charge is 2.37. The zero-order valence-electron chi connectivity index (χ0n) is 11.8. The topological polar surface area (TPSA) is 119 Å². The fourth-order valence-electron chi connectivity index (χ4n) is 1.44. The minimum atomic E-state index is -2.14. The van der Waals surface area contributed by atoms with E-state index in [4.69, 9.17) is 5.11 Å². The molecule has 120 valence electrons. The number of carboxylic acids is 1. The highest BCUT2D eigenvalue weighted by Crippen LogP contribution is 2.08. The molecule has 0 fully saturated rings. The van der Waals surface area contributed by atoms with E-state index in [2.05, 4.69) is 14.2 Å². The molecule has 8 nitrogen and oxygen atoms in total. The van der Waals surface area contributed by atoms with Gasteiger partial charge in [0.1, 0.15) is 6.61 Å². The number of aliphatic hydroxyl groups is 1. The van der Waals surface area contributed by atoms with Gasteiger partial charge < -0.3 is 24.4 Å². The number of carbonyl (C=O) groups is 3. The molecular weight excluding hydrogens is 296 g/mol. The highest BCUT2D eigenvalue weighted by atomic mass is 16.6. The molecule has 0 amide bonds. The molecule has 8 heteroatoms. The van der Waals surface area contributed by atoms with Crippen molar-refractivity contribution in [3.05, 3.63) is 35.9 Å². The fraction of sp³-hybridized carbons (Fsp3) is 0.357. The van der Waals surface area contributed by atoms with E-state index in [9.17, 15) is 19.5 Å². The van der Waals surface area contributed by atoms with Crippen molar-refractivity contribution in [2.75, 3.05) is 20.3 Å². The molecule has 1 aromatic carbocycles. The van der Waals surface area contributed by atoms with Gasteiger partial charge in [0.05, 0.1) is 12.2 Å². The van der Waals surface area contributed by atoms with Crippen molar-refractivity contribution in [3.63, 3.8) is 0 Å². The summed E-state index contributed by atoms with van der Waals surface area (Å²) in [5.74, 6) is -3.86. The first-order valence-corrected chi connectivity index (χ1v) is 6.30. The molecule has 0 spiro atoms. The van der Waals surface area contributed by atoms with E-state index in [0.29, 0.717) is 0 Å². The van der Waals surface area contributed by atoms with E-state index >= 15 is 0 Å². The van der Waals surface area contributed by atoms with Crippen molar-refractivity contribution in [3.8, 4) is 0 Å². The fourth-order valence-corrected chi connectivity index (χ4v) is 1.44. The normalized spacial score (nSPS) is 13.0. The summed E-state index contributed by atoms with van der Waals surface area (Å²) < 4.78 is 13.9. The van der Waals surface area contributed by atoms with E-state index in [1.807, 2.05) is 0 Å². The Balaban J connectivity index is 2.70. The van der Waals surface area contributed by atoms with Crippen LogP contribution in [0.15, 0.2) is 30.3 Å². The Morgan fingerprint density at radius 2 is 1.77 bits per heavy atom. The molecule has 2 N–H and O–H groups in total. The lowest BCUT2D eigenvalue weighted by atomic mass is 10.2. The maximum Gasteiger partial charge on any atom is 0.348 e. The minimum absolute atomic E-state index is 0.0833. The number of aliphatic hydroxyl groups excluding tert-OH is 1. The monoisotopic (exact) mass is 312 g/mol. The lowest BCUT2D eigenvalue weighted by Crippen LogP contribution is -2.44. The largest absolute Gasteiger partial charge is 0.478 e. The van der Waals surface area contributed by atoms with Crippen LogP contribution in [0.25, 0.3) is 0 Å². The second-order valence-electron chi connectivity index (χ2n) is 4.14. The van der Waals surface area contributed by atoms with Crippen molar-refractivity contribution < 1.29 is 38.8 Å². The molecule has 0 aliphatic carbocycles. The summed E-state index contributed by atoms with van der Waals surface area (Å²) in [5.41, 5.74) is 0.0914. The predicted molar refractivity (Wildman–Crippen MR) is 72.1 cm³/mol. The molecule has 0 aliphatic rings. The molecule has 22 heavy (non-hydrogen) atoms. The molecule has 1 aromatic rings. The van der Waals surface area contributed by atoms with Crippen LogP contribution < -0.4 is 0 Å². The number of benzene rings is 1.